The molecule has 0 bridgehead atoms. The third kappa shape index (κ3) is 4.47. The maximum absolute atomic E-state index is 12.9. The van der Waals surface area contributed by atoms with E-state index in [0.717, 1.165) is 24.4 Å². The van der Waals surface area contributed by atoms with Gasteiger partial charge in [0.2, 0.25) is 10.0 Å². The predicted molar refractivity (Wildman–Crippen MR) is 102 cm³/mol. The Kier molecular flexibility index (Phi) is 6.86. The molecule has 0 amide bonds. The molecule has 0 aliphatic heterocycles. The number of ether oxygens (including phenoxy) is 1. The fourth-order valence-electron chi connectivity index (χ4n) is 3.09. The average molecular weight is 381 g/mol. The van der Waals surface area contributed by atoms with Gasteiger partial charge in [-0.25, -0.2) is 13.1 Å². The fraction of sp³-hybridized carbons (Fsp3) is 0.474. The second kappa shape index (κ2) is 8.70. The van der Waals surface area contributed by atoms with Crippen molar-refractivity contribution in [3.63, 3.8) is 0 Å². The van der Waals surface area contributed by atoms with Crippen LogP contribution in [0.3, 0.4) is 0 Å². The summed E-state index contributed by atoms with van der Waals surface area (Å²) >= 11 is 0. The van der Waals surface area contributed by atoms with Crippen LogP contribution >= 0.6 is 0 Å². The van der Waals surface area contributed by atoms with Crippen molar-refractivity contribution in [2.75, 3.05) is 26.7 Å². The molecule has 1 unspecified atom stereocenters. The Hall–Kier alpha value is -1.83. The zero-order valence-electron chi connectivity index (χ0n) is 16.1. The highest BCUT2D eigenvalue weighted by atomic mass is 32.2. The van der Waals surface area contributed by atoms with E-state index in [1.165, 1.54) is 0 Å². The first kappa shape index (κ1) is 20.5. The zero-order valence-corrected chi connectivity index (χ0v) is 16.9. The zero-order chi connectivity index (χ0) is 19.3. The minimum Gasteiger partial charge on any atom is -0.496 e. The number of nitrogens with zero attached hydrogens (tertiary/aromatic N) is 1. The molecule has 1 aromatic heterocycles. The van der Waals surface area contributed by atoms with Crippen molar-refractivity contribution in [1.29, 1.82) is 0 Å². The van der Waals surface area contributed by atoms with Gasteiger partial charge in [-0.3, -0.25) is 4.90 Å². The molecule has 1 N–H and O–H groups in total. The van der Waals surface area contributed by atoms with Gasteiger partial charge in [-0.05, 0) is 62.3 Å². The van der Waals surface area contributed by atoms with E-state index in [2.05, 4.69) is 9.62 Å². The number of methoxy groups -OCH3 is 1. The number of hydrogen-bond donors (Lipinski definition) is 1. The number of benzene rings is 1. The van der Waals surface area contributed by atoms with Gasteiger partial charge in [-0.1, -0.05) is 13.8 Å². The molecule has 2 rings (SSSR count). The summed E-state index contributed by atoms with van der Waals surface area (Å²) in [5.41, 5.74) is 1.43. The average Bonchev–Trinajstić information content (AvgIpc) is 3.14. The maximum atomic E-state index is 12.9. The summed E-state index contributed by atoms with van der Waals surface area (Å²) in [5.74, 6) is 1.43. The number of furan rings is 1. The lowest BCUT2D eigenvalue weighted by molar-refractivity contribution is 0.194. The Morgan fingerprint density at radius 2 is 1.88 bits per heavy atom. The molecule has 1 atom stereocenters. The first-order chi connectivity index (χ1) is 12.3. The summed E-state index contributed by atoms with van der Waals surface area (Å²) < 4.78 is 39.3. The van der Waals surface area contributed by atoms with Crippen LogP contribution in [0.1, 0.15) is 36.8 Å². The van der Waals surface area contributed by atoms with E-state index in [9.17, 15) is 8.42 Å². The maximum Gasteiger partial charge on any atom is 0.240 e. The van der Waals surface area contributed by atoms with Crippen LogP contribution in [-0.2, 0) is 10.0 Å². The summed E-state index contributed by atoms with van der Waals surface area (Å²) in [4.78, 5) is 2.43. The van der Waals surface area contributed by atoms with Gasteiger partial charge in [0.15, 0.2) is 0 Å². The van der Waals surface area contributed by atoms with Gasteiger partial charge in [0, 0.05) is 6.54 Å². The summed E-state index contributed by atoms with van der Waals surface area (Å²) in [6, 6.07) is 6.93. The molecule has 6 nitrogen and oxygen atoms in total. The predicted octanol–water partition coefficient (Wildman–Crippen LogP) is 3.27. The number of hydrogen-bond acceptors (Lipinski definition) is 5. The normalized spacial score (nSPS) is 13.2. The van der Waals surface area contributed by atoms with E-state index >= 15 is 0 Å². The molecule has 1 aromatic carbocycles. The number of aryl methyl sites for hydroxylation is 2. The molecular formula is C19H28N2O4S. The quantitative estimate of drug-likeness (QED) is 0.723. The van der Waals surface area contributed by atoms with Crippen LogP contribution in [0.15, 0.2) is 39.8 Å². The minimum absolute atomic E-state index is 0.158. The molecule has 1 heterocycles. The molecule has 26 heavy (non-hydrogen) atoms. The van der Waals surface area contributed by atoms with Crippen molar-refractivity contribution in [2.45, 2.75) is 38.6 Å². The number of rotatable bonds is 9. The van der Waals surface area contributed by atoms with Crippen LogP contribution in [-0.4, -0.2) is 40.1 Å². The van der Waals surface area contributed by atoms with Gasteiger partial charge in [-0.2, -0.15) is 0 Å². The summed E-state index contributed by atoms with van der Waals surface area (Å²) in [6.07, 6.45) is 1.61. The Balaban J connectivity index is 2.26. The molecule has 7 heteroatoms. The highest BCUT2D eigenvalue weighted by molar-refractivity contribution is 7.89. The Morgan fingerprint density at radius 3 is 2.42 bits per heavy atom. The Bertz CT molecular complexity index is 812. The van der Waals surface area contributed by atoms with Crippen LogP contribution in [0.25, 0.3) is 0 Å². The molecule has 2 aromatic rings. The van der Waals surface area contributed by atoms with Gasteiger partial charge in [0.25, 0.3) is 0 Å². The molecule has 0 aliphatic rings. The summed E-state index contributed by atoms with van der Waals surface area (Å²) in [7, 11) is -2.07. The van der Waals surface area contributed by atoms with E-state index in [4.69, 9.17) is 9.15 Å². The van der Waals surface area contributed by atoms with Crippen molar-refractivity contribution >= 4 is 10.0 Å². The van der Waals surface area contributed by atoms with E-state index < -0.39 is 10.0 Å². The lowest BCUT2D eigenvalue weighted by Crippen LogP contribution is -2.38. The molecule has 144 valence electrons. The smallest absolute Gasteiger partial charge is 0.240 e. The van der Waals surface area contributed by atoms with Gasteiger partial charge >= 0.3 is 0 Å². The largest absolute Gasteiger partial charge is 0.496 e. The van der Waals surface area contributed by atoms with Gasteiger partial charge in [0.1, 0.15) is 11.5 Å². The van der Waals surface area contributed by atoms with Gasteiger partial charge in [0.05, 0.1) is 24.3 Å². The third-order valence-electron chi connectivity index (χ3n) is 4.57. The van der Waals surface area contributed by atoms with Crippen molar-refractivity contribution < 1.29 is 17.6 Å². The number of likely N-dealkylation sites (N-methyl/N-ethyl adjacent to an activating group) is 1. The lowest BCUT2D eigenvalue weighted by atomic mass is 10.1. The molecule has 0 saturated heterocycles. The van der Waals surface area contributed by atoms with Gasteiger partial charge < -0.3 is 9.15 Å². The van der Waals surface area contributed by atoms with Crippen LogP contribution in [0.2, 0.25) is 0 Å². The molecule has 0 saturated carbocycles. The first-order valence-electron chi connectivity index (χ1n) is 8.76. The van der Waals surface area contributed by atoms with E-state index in [0.29, 0.717) is 11.3 Å². The summed E-state index contributed by atoms with van der Waals surface area (Å²) in [5, 5.41) is 0. The van der Waals surface area contributed by atoms with Gasteiger partial charge in [-0.15, -0.1) is 0 Å². The van der Waals surface area contributed by atoms with E-state index in [1.54, 1.807) is 32.4 Å². The second-order valence-electron chi connectivity index (χ2n) is 6.19. The first-order valence-corrected chi connectivity index (χ1v) is 10.2. The number of sulfonamides is 1. The monoisotopic (exact) mass is 380 g/mol. The summed E-state index contributed by atoms with van der Waals surface area (Å²) in [6.45, 7) is 9.52. The number of nitrogens with one attached hydrogen (secondary N) is 1. The standard InChI is InChI=1S/C19H28N2O4S/c1-6-21(7-2)16(17-9-8-10-25-17)13-20-26(22,23)19-12-14(3)18(24-5)11-15(19)4/h8-12,16,20H,6-7,13H2,1-5H3. The highest BCUT2D eigenvalue weighted by Crippen LogP contribution is 2.26. The second-order valence-corrected chi connectivity index (χ2v) is 7.93. The Morgan fingerprint density at radius 1 is 1.19 bits per heavy atom. The van der Waals surface area contributed by atoms with Crippen molar-refractivity contribution in [2.24, 2.45) is 0 Å². The van der Waals surface area contributed by atoms with Crippen molar-refractivity contribution in [3.8, 4) is 5.75 Å². The lowest BCUT2D eigenvalue weighted by Gasteiger charge is -2.28. The molecular weight excluding hydrogens is 352 g/mol. The topological polar surface area (TPSA) is 71.8 Å². The Labute approximate surface area is 156 Å². The minimum atomic E-state index is -3.65. The van der Waals surface area contributed by atoms with Crippen LogP contribution in [0.4, 0.5) is 0 Å². The van der Waals surface area contributed by atoms with E-state index in [-0.39, 0.29) is 17.5 Å². The van der Waals surface area contributed by atoms with Crippen LogP contribution < -0.4 is 9.46 Å². The highest BCUT2D eigenvalue weighted by Gasteiger charge is 2.25. The van der Waals surface area contributed by atoms with Crippen LogP contribution in [0.5, 0.6) is 5.75 Å². The van der Waals surface area contributed by atoms with E-state index in [1.807, 2.05) is 32.9 Å². The molecule has 0 aliphatic carbocycles. The third-order valence-corrected chi connectivity index (χ3v) is 6.14. The molecule has 0 fully saturated rings. The van der Waals surface area contributed by atoms with Crippen LogP contribution in [0, 0.1) is 13.8 Å². The molecule has 0 spiro atoms. The fourth-order valence-corrected chi connectivity index (χ4v) is 4.44. The van der Waals surface area contributed by atoms with Crippen molar-refractivity contribution in [1.82, 2.24) is 9.62 Å². The van der Waals surface area contributed by atoms with Crippen molar-refractivity contribution in [3.05, 3.63) is 47.4 Å². The SMILES string of the molecule is CCN(CC)C(CNS(=O)(=O)c1cc(C)c(OC)cc1C)c1ccco1. The molecule has 0 radical (unpaired) electrons.